The Hall–Kier alpha value is -1.13. The van der Waals surface area contributed by atoms with Gasteiger partial charge in [-0.2, -0.15) is 16.4 Å². The molecular formula is C13H19N3S. The molecule has 0 amide bonds. The average Bonchev–Trinajstić information content (AvgIpc) is 2.90. The summed E-state index contributed by atoms with van der Waals surface area (Å²) >= 11 is 1.75. The first-order valence-electron chi connectivity index (χ1n) is 5.96. The molecule has 0 spiro atoms. The van der Waals surface area contributed by atoms with E-state index >= 15 is 0 Å². The van der Waals surface area contributed by atoms with Gasteiger partial charge < -0.3 is 5.73 Å². The fraction of sp³-hybridized carbons (Fsp3) is 0.462. The van der Waals surface area contributed by atoms with Crippen LogP contribution in [0.3, 0.4) is 0 Å². The molecule has 3 nitrogen and oxygen atoms in total. The number of hydrogen-bond acceptors (Lipinski definition) is 3. The van der Waals surface area contributed by atoms with Gasteiger partial charge in [-0.15, -0.1) is 0 Å². The van der Waals surface area contributed by atoms with Gasteiger partial charge in [0.15, 0.2) is 0 Å². The third kappa shape index (κ3) is 2.76. The highest BCUT2D eigenvalue weighted by atomic mass is 32.1. The zero-order valence-electron chi connectivity index (χ0n) is 10.4. The molecule has 4 heteroatoms. The Balaban J connectivity index is 2.08. The molecule has 2 N–H and O–H groups in total. The van der Waals surface area contributed by atoms with Gasteiger partial charge in [-0.1, -0.05) is 0 Å². The molecule has 0 bridgehead atoms. The van der Waals surface area contributed by atoms with Gasteiger partial charge in [0, 0.05) is 12.2 Å². The summed E-state index contributed by atoms with van der Waals surface area (Å²) in [5.41, 5.74) is 10.7. The lowest BCUT2D eigenvalue weighted by atomic mass is 10.1. The first-order valence-corrected chi connectivity index (χ1v) is 6.90. The molecule has 0 aromatic carbocycles. The van der Waals surface area contributed by atoms with Crippen LogP contribution in [0.1, 0.15) is 22.5 Å². The third-order valence-electron chi connectivity index (χ3n) is 3.12. The predicted molar refractivity (Wildman–Crippen MR) is 72.5 cm³/mol. The second kappa shape index (κ2) is 5.47. The zero-order valence-corrected chi connectivity index (χ0v) is 11.3. The van der Waals surface area contributed by atoms with E-state index in [0.717, 1.165) is 25.1 Å². The molecule has 0 aliphatic rings. The number of hydrogen-bond donors (Lipinski definition) is 1. The number of nitrogens with zero attached hydrogens (tertiary/aromatic N) is 2. The Labute approximate surface area is 106 Å². The molecule has 92 valence electrons. The van der Waals surface area contributed by atoms with Gasteiger partial charge in [-0.3, -0.25) is 4.68 Å². The summed E-state index contributed by atoms with van der Waals surface area (Å²) in [6, 6.07) is 2.18. The Morgan fingerprint density at radius 2 is 2.18 bits per heavy atom. The summed E-state index contributed by atoms with van der Waals surface area (Å²) < 4.78 is 2.11. The summed E-state index contributed by atoms with van der Waals surface area (Å²) in [4.78, 5) is 0. The molecular weight excluding hydrogens is 230 g/mol. The van der Waals surface area contributed by atoms with Crippen molar-refractivity contribution in [2.45, 2.75) is 33.2 Å². The van der Waals surface area contributed by atoms with E-state index in [9.17, 15) is 0 Å². The molecule has 2 aromatic heterocycles. The highest BCUT2D eigenvalue weighted by Crippen LogP contribution is 2.14. The molecule has 0 aliphatic carbocycles. The molecule has 2 heterocycles. The van der Waals surface area contributed by atoms with Gasteiger partial charge in [-0.25, -0.2) is 0 Å². The Morgan fingerprint density at radius 1 is 1.35 bits per heavy atom. The SMILES string of the molecule is Cc1nn(CCc2ccsc2)c(C)c1CCN. The van der Waals surface area contributed by atoms with Crippen molar-refractivity contribution in [3.8, 4) is 0 Å². The maximum atomic E-state index is 5.62. The summed E-state index contributed by atoms with van der Waals surface area (Å²) in [5.74, 6) is 0. The maximum Gasteiger partial charge on any atom is 0.0628 e. The third-order valence-corrected chi connectivity index (χ3v) is 3.85. The summed E-state index contributed by atoms with van der Waals surface area (Å²) in [7, 11) is 0. The molecule has 0 radical (unpaired) electrons. The van der Waals surface area contributed by atoms with Crippen LogP contribution in [0.4, 0.5) is 0 Å². The molecule has 0 saturated carbocycles. The number of nitrogens with two attached hydrogens (primary N) is 1. The van der Waals surface area contributed by atoms with Crippen LogP contribution in [-0.4, -0.2) is 16.3 Å². The van der Waals surface area contributed by atoms with E-state index < -0.39 is 0 Å². The minimum atomic E-state index is 0.692. The first kappa shape index (κ1) is 12.3. The van der Waals surface area contributed by atoms with Crippen LogP contribution < -0.4 is 5.73 Å². The molecule has 2 aromatic rings. The van der Waals surface area contributed by atoms with E-state index in [2.05, 4.69) is 40.5 Å². The highest BCUT2D eigenvalue weighted by molar-refractivity contribution is 7.07. The molecule has 0 aliphatic heterocycles. The van der Waals surface area contributed by atoms with Crippen molar-refractivity contribution in [3.05, 3.63) is 39.3 Å². The fourth-order valence-electron chi connectivity index (χ4n) is 2.13. The lowest BCUT2D eigenvalue weighted by molar-refractivity contribution is 0.594. The van der Waals surface area contributed by atoms with Crippen LogP contribution in [-0.2, 0) is 19.4 Å². The van der Waals surface area contributed by atoms with Gasteiger partial charge in [-0.05, 0) is 61.2 Å². The minimum absolute atomic E-state index is 0.692. The molecule has 0 atom stereocenters. The van der Waals surface area contributed by atoms with E-state index in [1.54, 1.807) is 11.3 Å². The fourth-order valence-corrected chi connectivity index (χ4v) is 2.83. The van der Waals surface area contributed by atoms with E-state index in [1.807, 2.05) is 0 Å². The molecule has 0 unspecified atom stereocenters. The second-order valence-corrected chi connectivity index (χ2v) is 5.07. The van der Waals surface area contributed by atoms with Crippen molar-refractivity contribution in [1.29, 1.82) is 0 Å². The van der Waals surface area contributed by atoms with Gasteiger partial charge in [0.2, 0.25) is 0 Å². The normalized spacial score (nSPS) is 11.0. The highest BCUT2D eigenvalue weighted by Gasteiger charge is 2.10. The smallest absolute Gasteiger partial charge is 0.0628 e. The van der Waals surface area contributed by atoms with E-state index in [0.29, 0.717) is 6.54 Å². The van der Waals surface area contributed by atoms with E-state index in [4.69, 9.17) is 5.73 Å². The lowest BCUT2D eigenvalue weighted by Crippen LogP contribution is -2.07. The standard InChI is InChI=1S/C13H19N3S/c1-10-13(3-6-14)11(2)16(15-10)7-4-12-5-8-17-9-12/h5,8-9H,3-4,6-7,14H2,1-2H3. The number of aromatic nitrogens is 2. The molecule has 0 saturated heterocycles. The van der Waals surface area contributed by atoms with E-state index in [-0.39, 0.29) is 0 Å². The van der Waals surface area contributed by atoms with Crippen LogP contribution in [0, 0.1) is 13.8 Å². The number of rotatable bonds is 5. The Bertz CT molecular complexity index is 471. The van der Waals surface area contributed by atoms with Crippen LogP contribution in [0.15, 0.2) is 16.8 Å². The van der Waals surface area contributed by atoms with Crippen LogP contribution in [0.5, 0.6) is 0 Å². The van der Waals surface area contributed by atoms with Crippen molar-refractivity contribution < 1.29 is 0 Å². The van der Waals surface area contributed by atoms with Gasteiger partial charge in [0.25, 0.3) is 0 Å². The quantitative estimate of drug-likeness (QED) is 0.883. The monoisotopic (exact) mass is 249 g/mol. The van der Waals surface area contributed by atoms with Gasteiger partial charge in [0.1, 0.15) is 0 Å². The maximum absolute atomic E-state index is 5.62. The predicted octanol–water partition coefficient (Wildman–Crippen LogP) is 2.31. The van der Waals surface area contributed by atoms with Gasteiger partial charge >= 0.3 is 0 Å². The largest absolute Gasteiger partial charge is 0.330 e. The second-order valence-electron chi connectivity index (χ2n) is 4.29. The Kier molecular flexibility index (Phi) is 3.97. The van der Waals surface area contributed by atoms with Crippen molar-refractivity contribution in [3.63, 3.8) is 0 Å². The zero-order chi connectivity index (χ0) is 12.3. The number of thiophene rings is 1. The van der Waals surface area contributed by atoms with Crippen LogP contribution in [0.2, 0.25) is 0 Å². The summed E-state index contributed by atoms with van der Waals surface area (Å²) in [6.07, 6.45) is 1.98. The van der Waals surface area contributed by atoms with Crippen molar-refractivity contribution in [1.82, 2.24) is 9.78 Å². The lowest BCUT2D eigenvalue weighted by Gasteiger charge is -2.04. The number of aryl methyl sites for hydroxylation is 3. The first-order chi connectivity index (χ1) is 8.22. The van der Waals surface area contributed by atoms with Gasteiger partial charge in [0.05, 0.1) is 5.69 Å². The van der Waals surface area contributed by atoms with Crippen molar-refractivity contribution in [2.24, 2.45) is 5.73 Å². The summed E-state index contributed by atoms with van der Waals surface area (Å²) in [5, 5.41) is 8.92. The summed E-state index contributed by atoms with van der Waals surface area (Å²) in [6.45, 7) is 5.85. The average molecular weight is 249 g/mol. The Morgan fingerprint density at radius 3 is 2.82 bits per heavy atom. The molecule has 17 heavy (non-hydrogen) atoms. The van der Waals surface area contributed by atoms with Crippen LogP contribution >= 0.6 is 11.3 Å². The van der Waals surface area contributed by atoms with E-state index in [1.165, 1.54) is 16.8 Å². The topological polar surface area (TPSA) is 43.8 Å². The molecule has 2 rings (SSSR count). The molecule has 0 fully saturated rings. The van der Waals surface area contributed by atoms with Crippen molar-refractivity contribution in [2.75, 3.05) is 6.54 Å². The van der Waals surface area contributed by atoms with Crippen molar-refractivity contribution >= 4 is 11.3 Å². The van der Waals surface area contributed by atoms with Crippen LogP contribution in [0.25, 0.3) is 0 Å². The minimum Gasteiger partial charge on any atom is -0.330 e.